The molecule has 2 saturated heterocycles. The fourth-order valence-electron chi connectivity index (χ4n) is 13.4. The fourth-order valence-corrected chi connectivity index (χ4v) is 13.4. The number of allylic oxidation sites excluding steroid dienone is 2. The number of hydrogen-bond acceptors (Lipinski definition) is 10. The summed E-state index contributed by atoms with van der Waals surface area (Å²) >= 11 is 0. The van der Waals surface area contributed by atoms with Gasteiger partial charge in [0.25, 0.3) is 0 Å². The van der Waals surface area contributed by atoms with Gasteiger partial charge in [0.15, 0.2) is 12.6 Å². The van der Waals surface area contributed by atoms with Crippen LogP contribution in [0.2, 0.25) is 0 Å². The predicted molar refractivity (Wildman–Crippen MR) is 191 cm³/mol. The molecule has 4 saturated carbocycles. The Balaban J connectivity index is 1.14. The van der Waals surface area contributed by atoms with E-state index in [1.807, 2.05) is 0 Å². The van der Waals surface area contributed by atoms with Crippen LogP contribution in [-0.4, -0.2) is 105 Å². The normalized spacial score (nSPS) is 53.9. The first-order valence-electron chi connectivity index (χ1n) is 20.1. The van der Waals surface area contributed by atoms with Gasteiger partial charge in [0.05, 0.1) is 24.2 Å². The summed E-state index contributed by atoms with van der Waals surface area (Å²) in [5.41, 5.74) is 0.567. The third-order valence-corrected chi connectivity index (χ3v) is 16.9. The van der Waals surface area contributed by atoms with Crippen LogP contribution in [-0.2, 0) is 23.7 Å². The van der Waals surface area contributed by atoms with Crippen molar-refractivity contribution in [2.24, 2.45) is 50.2 Å². The summed E-state index contributed by atoms with van der Waals surface area (Å²) in [5.74, 6) is 0.213. The van der Waals surface area contributed by atoms with Gasteiger partial charge in [-0.05, 0) is 116 Å². The third-order valence-electron chi connectivity index (χ3n) is 16.9. The predicted octanol–water partition coefficient (Wildman–Crippen LogP) is 4.55. The van der Waals surface area contributed by atoms with E-state index >= 15 is 0 Å². The summed E-state index contributed by atoms with van der Waals surface area (Å²) in [6.07, 6.45) is 0.305. The lowest BCUT2D eigenvalue weighted by atomic mass is 9.33. The number of ether oxygens (including phenoxy) is 4. The van der Waals surface area contributed by atoms with Crippen molar-refractivity contribution < 1.29 is 54.4 Å². The zero-order chi connectivity index (χ0) is 38.0. The molecule has 7 rings (SSSR count). The summed E-state index contributed by atoms with van der Waals surface area (Å²) in [6.45, 7) is 17.8. The second-order valence-corrected chi connectivity index (χ2v) is 20.2. The van der Waals surface area contributed by atoms with E-state index < -0.39 is 73.3 Å². The molecule has 0 aromatic heterocycles. The van der Waals surface area contributed by atoms with E-state index in [2.05, 4.69) is 54.5 Å². The molecule has 0 bridgehead atoms. The molecule has 5 aliphatic carbocycles. The first-order valence-corrected chi connectivity index (χ1v) is 20.1. The fraction of sp³-hybridized carbons (Fsp3) is 0.927. The van der Waals surface area contributed by atoms with Gasteiger partial charge >= 0.3 is 5.97 Å². The Bertz CT molecular complexity index is 1410. The summed E-state index contributed by atoms with van der Waals surface area (Å²) < 4.78 is 24.6. The average Bonchev–Trinajstić information content (AvgIpc) is 3.34. The standard InChI is InChI=1S/C41H66O11/c1-21-28(43)30(45)32(52-33-31(46)29(44)24(20-42)50-33)34(49-21)51-27-12-13-38(6)25(37(27,4)5)11-14-40(8)26(38)10-9-22-23-19-36(2,3)15-17-41(23,35(47)48)18-16-39(22,40)7/h9,21,23-34,42-46H,10-20H2,1-8H3,(H,47,48)/t21-,23-,24-,25-,26+,27-,28-,29-,30+,31+,32+,33-,34-,38-,39+,40+,41-/m0/s1. The molecule has 2 aliphatic heterocycles. The monoisotopic (exact) mass is 734 g/mol. The van der Waals surface area contributed by atoms with Crippen molar-refractivity contribution in [1.29, 1.82) is 0 Å². The van der Waals surface area contributed by atoms with Crippen molar-refractivity contribution >= 4 is 5.97 Å². The summed E-state index contributed by atoms with van der Waals surface area (Å²) in [5, 5.41) is 63.2. The van der Waals surface area contributed by atoms with Crippen molar-refractivity contribution in [3.8, 4) is 0 Å². The molecule has 0 aromatic carbocycles. The van der Waals surface area contributed by atoms with Crippen molar-refractivity contribution in [3.05, 3.63) is 11.6 Å². The molecular weight excluding hydrogens is 668 g/mol. The van der Waals surface area contributed by atoms with Gasteiger partial charge in [0.2, 0.25) is 0 Å². The van der Waals surface area contributed by atoms with Crippen LogP contribution in [0.3, 0.4) is 0 Å². The van der Waals surface area contributed by atoms with Gasteiger partial charge in [0.1, 0.15) is 36.6 Å². The molecule has 7 aliphatic rings. The first-order chi connectivity index (χ1) is 24.2. The van der Waals surface area contributed by atoms with Gasteiger partial charge < -0.3 is 49.6 Å². The number of aliphatic hydroxyl groups is 5. The lowest BCUT2D eigenvalue weighted by Crippen LogP contribution is -2.66. The van der Waals surface area contributed by atoms with E-state index in [9.17, 15) is 35.4 Å². The number of carboxylic acids is 1. The van der Waals surface area contributed by atoms with Gasteiger partial charge in [-0.3, -0.25) is 4.79 Å². The highest BCUT2D eigenvalue weighted by Gasteiger charge is 2.69. The first kappa shape index (κ1) is 39.1. The minimum Gasteiger partial charge on any atom is -0.481 e. The molecule has 0 amide bonds. The average molecular weight is 735 g/mol. The molecule has 52 heavy (non-hydrogen) atoms. The molecule has 6 fully saturated rings. The number of carbonyl (C=O) groups is 1. The number of aliphatic carboxylic acids is 1. The highest BCUT2D eigenvalue weighted by molar-refractivity contribution is 5.76. The number of rotatable bonds is 6. The summed E-state index contributed by atoms with van der Waals surface area (Å²) in [7, 11) is 0. The number of fused-ring (bicyclic) bond motifs is 7. The topological polar surface area (TPSA) is 175 Å². The van der Waals surface area contributed by atoms with Crippen LogP contribution in [0.1, 0.15) is 120 Å². The van der Waals surface area contributed by atoms with Gasteiger partial charge in [-0.25, -0.2) is 0 Å². The highest BCUT2D eigenvalue weighted by atomic mass is 16.8. The van der Waals surface area contributed by atoms with E-state index in [0.29, 0.717) is 11.8 Å². The van der Waals surface area contributed by atoms with E-state index in [0.717, 1.165) is 64.2 Å². The van der Waals surface area contributed by atoms with Gasteiger partial charge in [-0.15, -0.1) is 0 Å². The van der Waals surface area contributed by atoms with Crippen LogP contribution in [0, 0.1) is 50.2 Å². The Hall–Kier alpha value is -1.15. The van der Waals surface area contributed by atoms with Crippen LogP contribution in [0.4, 0.5) is 0 Å². The molecule has 17 atom stereocenters. The van der Waals surface area contributed by atoms with Crippen LogP contribution < -0.4 is 0 Å². The van der Waals surface area contributed by atoms with Gasteiger partial charge in [-0.1, -0.05) is 60.1 Å². The van der Waals surface area contributed by atoms with E-state index in [4.69, 9.17) is 18.9 Å². The summed E-state index contributed by atoms with van der Waals surface area (Å²) in [6, 6.07) is 0. The maximum atomic E-state index is 13.0. The lowest BCUT2D eigenvalue weighted by molar-refractivity contribution is -0.352. The third kappa shape index (κ3) is 5.56. The highest BCUT2D eigenvalue weighted by Crippen LogP contribution is 2.76. The Morgan fingerprint density at radius 2 is 1.50 bits per heavy atom. The van der Waals surface area contributed by atoms with Crippen LogP contribution in [0.15, 0.2) is 11.6 Å². The smallest absolute Gasteiger partial charge is 0.310 e. The van der Waals surface area contributed by atoms with Crippen LogP contribution >= 0.6 is 0 Å². The molecule has 0 unspecified atom stereocenters. The van der Waals surface area contributed by atoms with E-state index in [-0.39, 0.29) is 39.1 Å². The molecule has 0 spiro atoms. The molecule has 2 heterocycles. The Morgan fingerprint density at radius 1 is 0.808 bits per heavy atom. The maximum absolute atomic E-state index is 13.0. The molecule has 0 aromatic rings. The van der Waals surface area contributed by atoms with Crippen molar-refractivity contribution in [2.45, 2.75) is 181 Å². The van der Waals surface area contributed by atoms with Crippen molar-refractivity contribution in [3.63, 3.8) is 0 Å². The largest absolute Gasteiger partial charge is 0.481 e. The quantitative estimate of drug-likeness (QED) is 0.167. The summed E-state index contributed by atoms with van der Waals surface area (Å²) in [4.78, 5) is 13.0. The zero-order valence-corrected chi connectivity index (χ0v) is 32.6. The van der Waals surface area contributed by atoms with Crippen molar-refractivity contribution in [2.75, 3.05) is 6.61 Å². The lowest BCUT2D eigenvalue weighted by Gasteiger charge is -2.71. The molecular formula is C41H66O11. The number of aliphatic hydroxyl groups excluding tert-OH is 5. The molecule has 296 valence electrons. The van der Waals surface area contributed by atoms with Crippen molar-refractivity contribution in [1.82, 2.24) is 0 Å². The SMILES string of the molecule is C[C@@H]1O[C@@H](O[C@H]2CC[C@]3(C)[C@H]4CC=C5[C@@H]6CC(C)(C)CC[C@]6(C(=O)O)CC[C@@]5(C)[C@]4(C)CC[C@H]3C2(C)C)[C@H](O[C@@H]2O[C@@H](CO)[C@H](O)[C@H]2O)[C@H](O)[C@H]1O. The zero-order valence-electron chi connectivity index (χ0n) is 32.6. The minimum atomic E-state index is -1.47. The molecule has 6 N–H and O–H groups in total. The maximum Gasteiger partial charge on any atom is 0.310 e. The second-order valence-electron chi connectivity index (χ2n) is 20.2. The Kier molecular flexibility index (Phi) is 9.74. The van der Waals surface area contributed by atoms with Crippen LogP contribution in [0.25, 0.3) is 0 Å². The molecule has 0 radical (unpaired) electrons. The van der Waals surface area contributed by atoms with Gasteiger partial charge in [-0.2, -0.15) is 0 Å². The van der Waals surface area contributed by atoms with Gasteiger partial charge in [0, 0.05) is 0 Å². The second kappa shape index (κ2) is 12.9. The van der Waals surface area contributed by atoms with Crippen LogP contribution in [0.5, 0.6) is 0 Å². The molecule has 11 nitrogen and oxygen atoms in total. The Morgan fingerprint density at radius 3 is 2.15 bits per heavy atom. The van der Waals surface area contributed by atoms with E-state index in [1.54, 1.807) is 6.92 Å². The number of hydrogen-bond donors (Lipinski definition) is 6. The molecule has 11 heteroatoms. The number of carboxylic acid groups (broad SMARTS) is 1. The van der Waals surface area contributed by atoms with E-state index in [1.165, 1.54) is 5.57 Å². The Labute approximate surface area is 309 Å². The minimum absolute atomic E-state index is 0.0120.